The van der Waals surface area contributed by atoms with Crippen LogP contribution in [0.15, 0.2) is 53.3 Å². The van der Waals surface area contributed by atoms with Crippen LogP contribution < -0.4 is 10.9 Å². The topological polar surface area (TPSA) is 76.9 Å². The number of hydrogen-bond donors (Lipinski definition) is 1. The summed E-state index contributed by atoms with van der Waals surface area (Å²) in [5.74, 6) is -1.59. The Hall–Kier alpha value is -3.46. The molecule has 2 aromatic heterocycles. The predicted molar refractivity (Wildman–Crippen MR) is 107 cm³/mol. The van der Waals surface area contributed by atoms with Gasteiger partial charge in [-0.15, -0.1) is 11.3 Å². The van der Waals surface area contributed by atoms with Crippen LogP contribution in [0.3, 0.4) is 0 Å². The van der Waals surface area contributed by atoms with Crippen molar-refractivity contribution < 1.29 is 13.6 Å². The van der Waals surface area contributed by atoms with Crippen molar-refractivity contribution in [2.24, 2.45) is 0 Å². The highest BCUT2D eigenvalue weighted by atomic mass is 32.1. The molecule has 146 valence electrons. The van der Waals surface area contributed by atoms with Crippen molar-refractivity contribution in [1.29, 1.82) is 0 Å². The van der Waals surface area contributed by atoms with Gasteiger partial charge in [0.25, 0.3) is 5.56 Å². The number of thiazole rings is 1. The molecule has 0 aliphatic carbocycles. The van der Waals surface area contributed by atoms with E-state index in [1.165, 1.54) is 41.7 Å². The number of carbonyl (C=O) groups is 1. The van der Waals surface area contributed by atoms with Crippen molar-refractivity contribution >= 4 is 33.1 Å². The van der Waals surface area contributed by atoms with E-state index in [1.54, 1.807) is 25.1 Å². The van der Waals surface area contributed by atoms with Crippen LogP contribution in [0, 0.1) is 18.6 Å². The molecule has 0 saturated carbocycles. The molecular weight excluding hydrogens is 398 g/mol. The number of para-hydroxylation sites is 1. The third-order valence-electron chi connectivity index (χ3n) is 4.17. The van der Waals surface area contributed by atoms with Gasteiger partial charge in [0.15, 0.2) is 5.52 Å². The van der Waals surface area contributed by atoms with Gasteiger partial charge in [0, 0.05) is 5.56 Å². The number of fused-ring (bicyclic) bond motifs is 1. The standard InChI is InChI=1S/C20H14F2N4O2S/c1-11-23-18-19(29-11)17(12-6-8-13(21)9-7-12)25-26(20(18)28)10-16(27)24-15-5-3-2-4-14(15)22/h2-9H,10H2,1H3,(H,24,27). The molecule has 1 amide bonds. The third-order valence-corrected chi connectivity index (χ3v) is 5.14. The molecule has 6 nitrogen and oxygen atoms in total. The molecule has 2 aromatic carbocycles. The Bertz CT molecular complexity index is 1280. The first kappa shape index (κ1) is 18.9. The molecule has 2 heterocycles. The molecule has 0 bridgehead atoms. The van der Waals surface area contributed by atoms with E-state index in [0.29, 0.717) is 21.0 Å². The molecule has 0 atom stereocenters. The summed E-state index contributed by atoms with van der Waals surface area (Å²) in [5.41, 5.74) is 0.668. The lowest BCUT2D eigenvalue weighted by atomic mass is 10.1. The van der Waals surface area contributed by atoms with E-state index in [1.807, 2.05) is 0 Å². The Morgan fingerprint density at radius 3 is 2.59 bits per heavy atom. The van der Waals surface area contributed by atoms with Gasteiger partial charge >= 0.3 is 0 Å². The molecule has 0 aliphatic rings. The average Bonchev–Trinajstić information content (AvgIpc) is 3.09. The van der Waals surface area contributed by atoms with Crippen LogP contribution in [0.5, 0.6) is 0 Å². The smallest absolute Gasteiger partial charge is 0.294 e. The second-order valence-corrected chi connectivity index (χ2v) is 7.46. The van der Waals surface area contributed by atoms with Crippen molar-refractivity contribution in [3.05, 3.63) is 75.5 Å². The highest BCUT2D eigenvalue weighted by molar-refractivity contribution is 7.19. The molecule has 0 radical (unpaired) electrons. The van der Waals surface area contributed by atoms with Crippen molar-refractivity contribution in [3.63, 3.8) is 0 Å². The fourth-order valence-corrected chi connectivity index (χ4v) is 3.78. The molecule has 4 aromatic rings. The van der Waals surface area contributed by atoms with E-state index in [2.05, 4.69) is 15.4 Å². The second-order valence-electron chi connectivity index (χ2n) is 6.26. The lowest BCUT2D eigenvalue weighted by molar-refractivity contribution is -0.117. The maximum atomic E-state index is 13.8. The number of amides is 1. The number of halogens is 2. The van der Waals surface area contributed by atoms with Crippen molar-refractivity contribution in [2.45, 2.75) is 13.5 Å². The molecule has 1 N–H and O–H groups in total. The highest BCUT2D eigenvalue weighted by Gasteiger charge is 2.18. The SMILES string of the molecule is Cc1nc2c(=O)n(CC(=O)Nc3ccccc3F)nc(-c3ccc(F)cc3)c2s1. The van der Waals surface area contributed by atoms with E-state index in [9.17, 15) is 18.4 Å². The van der Waals surface area contributed by atoms with Crippen LogP contribution in [0.25, 0.3) is 21.5 Å². The molecule has 4 rings (SSSR count). The monoisotopic (exact) mass is 412 g/mol. The summed E-state index contributed by atoms with van der Waals surface area (Å²) in [4.78, 5) is 29.4. The lowest BCUT2D eigenvalue weighted by Crippen LogP contribution is -2.30. The fraction of sp³-hybridized carbons (Fsp3) is 0.100. The summed E-state index contributed by atoms with van der Waals surface area (Å²) in [6.07, 6.45) is 0. The molecular formula is C20H14F2N4O2S. The summed E-state index contributed by atoms with van der Waals surface area (Å²) >= 11 is 1.29. The Labute approximate surface area is 167 Å². The molecule has 9 heteroatoms. The van der Waals surface area contributed by atoms with Gasteiger partial charge in [-0.1, -0.05) is 12.1 Å². The number of anilines is 1. The highest BCUT2D eigenvalue weighted by Crippen LogP contribution is 2.29. The van der Waals surface area contributed by atoms with Gasteiger partial charge in [-0.25, -0.2) is 18.4 Å². The number of benzene rings is 2. The Morgan fingerprint density at radius 2 is 1.86 bits per heavy atom. The number of aromatic nitrogens is 3. The van der Waals surface area contributed by atoms with Crippen LogP contribution in [0.1, 0.15) is 5.01 Å². The number of carbonyl (C=O) groups excluding carboxylic acids is 1. The fourth-order valence-electron chi connectivity index (χ4n) is 2.86. The normalized spacial score (nSPS) is 11.0. The summed E-state index contributed by atoms with van der Waals surface area (Å²) in [6, 6.07) is 11.4. The average molecular weight is 412 g/mol. The van der Waals surface area contributed by atoms with E-state index >= 15 is 0 Å². The van der Waals surface area contributed by atoms with Crippen molar-refractivity contribution in [3.8, 4) is 11.3 Å². The first-order valence-electron chi connectivity index (χ1n) is 8.61. The van der Waals surface area contributed by atoms with Gasteiger partial charge in [0.2, 0.25) is 5.91 Å². The number of hydrogen-bond acceptors (Lipinski definition) is 5. The molecule has 0 unspecified atom stereocenters. The quantitative estimate of drug-likeness (QED) is 0.554. The number of nitrogens with zero attached hydrogens (tertiary/aromatic N) is 3. The van der Waals surface area contributed by atoms with Gasteiger partial charge in [-0.05, 0) is 43.3 Å². The Kier molecular flexibility index (Phi) is 4.89. The van der Waals surface area contributed by atoms with Crippen molar-refractivity contribution in [1.82, 2.24) is 14.8 Å². The first-order chi connectivity index (χ1) is 13.9. The van der Waals surface area contributed by atoms with Gasteiger partial charge < -0.3 is 5.32 Å². The van der Waals surface area contributed by atoms with Gasteiger partial charge in [-0.2, -0.15) is 5.10 Å². The van der Waals surface area contributed by atoms with Crippen LogP contribution in [0.4, 0.5) is 14.5 Å². The minimum atomic E-state index is -0.610. The molecule has 29 heavy (non-hydrogen) atoms. The zero-order valence-electron chi connectivity index (χ0n) is 15.1. The molecule has 0 spiro atoms. The molecule has 0 saturated heterocycles. The largest absolute Gasteiger partial charge is 0.322 e. The molecule has 0 aliphatic heterocycles. The maximum Gasteiger partial charge on any atom is 0.294 e. The lowest BCUT2D eigenvalue weighted by Gasteiger charge is -2.10. The third kappa shape index (κ3) is 3.77. The van der Waals surface area contributed by atoms with Gasteiger partial charge in [0.1, 0.15) is 23.9 Å². The van der Waals surface area contributed by atoms with Crippen LogP contribution in [-0.2, 0) is 11.3 Å². The van der Waals surface area contributed by atoms with E-state index < -0.39 is 29.6 Å². The predicted octanol–water partition coefficient (Wildman–Crippen LogP) is 3.75. The zero-order chi connectivity index (χ0) is 20.5. The second kappa shape index (κ2) is 7.51. The number of aryl methyl sites for hydroxylation is 1. The first-order valence-corrected chi connectivity index (χ1v) is 9.42. The number of rotatable bonds is 4. The minimum absolute atomic E-state index is 0.00916. The van der Waals surface area contributed by atoms with E-state index in [-0.39, 0.29) is 11.2 Å². The number of nitrogens with one attached hydrogen (secondary N) is 1. The Morgan fingerprint density at radius 1 is 1.14 bits per heavy atom. The van der Waals surface area contributed by atoms with Gasteiger partial charge in [-0.3, -0.25) is 9.59 Å². The Balaban J connectivity index is 1.75. The van der Waals surface area contributed by atoms with E-state index in [0.717, 1.165) is 4.68 Å². The van der Waals surface area contributed by atoms with Crippen LogP contribution in [-0.4, -0.2) is 20.7 Å². The van der Waals surface area contributed by atoms with Gasteiger partial charge in [0.05, 0.1) is 15.4 Å². The summed E-state index contributed by atoms with van der Waals surface area (Å²) in [7, 11) is 0. The summed E-state index contributed by atoms with van der Waals surface area (Å²) in [6.45, 7) is 1.33. The van der Waals surface area contributed by atoms with E-state index in [4.69, 9.17) is 0 Å². The molecule has 0 fully saturated rings. The zero-order valence-corrected chi connectivity index (χ0v) is 16.0. The van der Waals surface area contributed by atoms with Crippen molar-refractivity contribution in [2.75, 3.05) is 5.32 Å². The maximum absolute atomic E-state index is 13.8. The minimum Gasteiger partial charge on any atom is -0.322 e. The summed E-state index contributed by atoms with van der Waals surface area (Å²) < 4.78 is 28.6. The van der Waals surface area contributed by atoms with Crippen LogP contribution in [0.2, 0.25) is 0 Å². The summed E-state index contributed by atoms with van der Waals surface area (Å²) in [5, 5.41) is 7.40. The van der Waals surface area contributed by atoms with Crippen LogP contribution >= 0.6 is 11.3 Å².